The van der Waals surface area contributed by atoms with Crippen molar-refractivity contribution in [3.63, 3.8) is 0 Å². The summed E-state index contributed by atoms with van der Waals surface area (Å²) in [5.41, 5.74) is 0.0934. The van der Waals surface area contributed by atoms with Gasteiger partial charge < -0.3 is 19.5 Å². The number of nitrogens with zero attached hydrogens (tertiary/aromatic N) is 1. The van der Waals surface area contributed by atoms with Gasteiger partial charge in [0.25, 0.3) is 0 Å². The van der Waals surface area contributed by atoms with Crippen LogP contribution < -0.4 is 4.74 Å². The molecule has 0 saturated carbocycles. The fourth-order valence-corrected chi connectivity index (χ4v) is 4.53. The first kappa shape index (κ1) is 20.2. The van der Waals surface area contributed by atoms with E-state index in [4.69, 9.17) is 9.47 Å². The van der Waals surface area contributed by atoms with Gasteiger partial charge in [0.15, 0.2) is 5.78 Å². The van der Waals surface area contributed by atoms with Crippen molar-refractivity contribution in [1.82, 2.24) is 4.90 Å². The van der Waals surface area contributed by atoms with Gasteiger partial charge in [0.05, 0.1) is 25.0 Å². The molecule has 28 heavy (non-hydrogen) atoms. The van der Waals surface area contributed by atoms with Gasteiger partial charge in [0.1, 0.15) is 11.4 Å². The second-order valence-electron chi connectivity index (χ2n) is 8.68. The van der Waals surface area contributed by atoms with Crippen LogP contribution in [0.15, 0.2) is 18.2 Å². The summed E-state index contributed by atoms with van der Waals surface area (Å²) in [6.45, 7) is 6.70. The average Bonchev–Trinajstić information content (AvgIpc) is 2.61. The van der Waals surface area contributed by atoms with E-state index in [-0.39, 0.29) is 23.6 Å². The minimum absolute atomic E-state index is 0.00996. The molecule has 2 aliphatic heterocycles. The summed E-state index contributed by atoms with van der Waals surface area (Å²) in [5, 5.41) is 9.26. The predicted molar refractivity (Wildman–Crippen MR) is 102 cm³/mol. The molecule has 1 aromatic carbocycles. The Bertz CT molecular complexity index is 802. The highest BCUT2D eigenvalue weighted by atomic mass is 16.5. The standard InChI is InChI=1S/C21H27NO6/c1-20(2,3)18-17(24)14-11-13(12-16(23)27-4)5-6-15(14)28-21(18)7-9-22(10-8-21)19(25)26/h5-6,11,18H,7-10,12H2,1-4H3,(H,25,26). The first-order valence-electron chi connectivity index (χ1n) is 9.48. The minimum Gasteiger partial charge on any atom is -0.486 e. The van der Waals surface area contributed by atoms with Crippen LogP contribution in [0, 0.1) is 11.3 Å². The first-order valence-corrected chi connectivity index (χ1v) is 9.48. The first-order chi connectivity index (χ1) is 13.1. The number of carboxylic acid groups (broad SMARTS) is 1. The molecule has 7 heteroatoms. The SMILES string of the molecule is COC(=O)Cc1ccc2c(c1)C(=O)C(C(C)(C)C)C1(CCN(C(=O)O)CC1)O2. The van der Waals surface area contributed by atoms with Gasteiger partial charge >= 0.3 is 12.1 Å². The third kappa shape index (κ3) is 3.57. The summed E-state index contributed by atoms with van der Waals surface area (Å²) in [4.78, 5) is 37.8. The third-order valence-corrected chi connectivity index (χ3v) is 5.73. The Balaban J connectivity index is 1.98. The molecular formula is C21H27NO6. The molecule has 1 N–H and O–H groups in total. The maximum absolute atomic E-state index is 13.5. The van der Waals surface area contributed by atoms with Crippen LogP contribution >= 0.6 is 0 Å². The van der Waals surface area contributed by atoms with E-state index in [1.165, 1.54) is 12.0 Å². The molecule has 0 aliphatic carbocycles. The smallest absolute Gasteiger partial charge is 0.407 e. The lowest BCUT2D eigenvalue weighted by molar-refractivity contribution is -0.139. The van der Waals surface area contributed by atoms with Crippen molar-refractivity contribution in [2.24, 2.45) is 11.3 Å². The predicted octanol–water partition coefficient (Wildman–Crippen LogP) is 3.15. The van der Waals surface area contributed by atoms with Crippen LogP contribution in [-0.2, 0) is 16.0 Å². The molecule has 7 nitrogen and oxygen atoms in total. The Morgan fingerprint density at radius 3 is 2.46 bits per heavy atom. The Kier molecular flexibility index (Phi) is 5.12. The molecule has 1 saturated heterocycles. The number of carbonyl (C=O) groups is 3. The van der Waals surface area contributed by atoms with Crippen molar-refractivity contribution >= 4 is 17.8 Å². The molecule has 1 aromatic rings. The van der Waals surface area contributed by atoms with Gasteiger partial charge in [-0.25, -0.2) is 4.79 Å². The summed E-state index contributed by atoms with van der Waals surface area (Å²) >= 11 is 0. The highest BCUT2D eigenvalue weighted by Crippen LogP contribution is 2.49. The summed E-state index contributed by atoms with van der Waals surface area (Å²) < 4.78 is 11.1. The molecule has 1 fully saturated rings. The zero-order valence-electron chi connectivity index (χ0n) is 16.8. The van der Waals surface area contributed by atoms with Crippen LogP contribution in [0.2, 0.25) is 0 Å². The zero-order chi connectivity index (χ0) is 20.7. The summed E-state index contributed by atoms with van der Waals surface area (Å²) in [6, 6.07) is 5.21. The Labute approximate surface area is 164 Å². The number of hydrogen-bond acceptors (Lipinski definition) is 5. The van der Waals surface area contributed by atoms with Crippen LogP contribution in [0.5, 0.6) is 5.75 Å². The van der Waals surface area contributed by atoms with Crippen LogP contribution in [0.1, 0.15) is 49.5 Å². The molecule has 1 unspecified atom stereocenters. The van der Waals surface area contributed by atoms with Gasteiger partial charge in [-0.2, -0.15) is 0 Å². The van der Waals surface area contributed by atoms with E-state index < -0.39 is 17.6 Å². The second kappa shape index (κ2) is 7.11. The van der Waals surface area contributed by atoms with Crippen molar-refractivity contribution in [2.75, 3.05) is 20.2 Å². The number of ether oxygens (including phenoxy) is 2. The fraction of sp³-hybridized carbons (Fsp3) is 0.571. The van der Waals surface area contributed by atoms with Crippen LogP contribution in [0.3, 0.4) is 0 Å². The number of methoxy groups -OCH3 is 1. The molecule has 1 spiro atoms. The normalized spacial score (nSPS) is 21.1. The largest absolute Gasteiger partial charge is 0.486 e. The maximum Gasteiger partial charge on any atom is 0.407 e. The van der Waals surface area contributed by atoms with E-state index in [0.717, 1.165) is 0 Å². The molecule has 0 bridgehead atoms. The molecule has 0 radical (unpaired) electrons. The minimum atomic E-state index is -0.947. The van der Waals surface area contributed by atoms with Crippen LogP contribution in [-0.4, -0.2) is 53.7 Å². The number of rotatable bonds is 2. The number of hydrogen-bond donors (Lipinski definition) is 1. The zero-order valence-corrected chi connectivity index (χ0v) is 16.8. The molecule has 0 aromatic heterocycles. The summed E-state index contributed by atoms with van der Waals surface area (Å²) in [7, 11) is 1.33. The Morgan fingerprint density at radius 2 is 1.93 bits per heavy atom. The van der Waals surface area contributed by atoms with Crippen LogP contribution in [0.25, 0.3) is 0 Å². The van der Waals surface area contributed by atoms with Crippen molar-refractivity contribution in [2.45, 2.75) is 45.6 Å². The molecule has 152 valence electrons. The maximum atomic E-state index is 13.5. The lowest BCUT2D eigenvalue weighted by Crippen LogP contribution is -2.60. The number of carbonyl (C=O) groups excluding carboxylic acids is 2. The van der Waals surface area contributed by atoms with E-state index in [9.17, 15) is 19.5 Å². The number of ketones is 1. The number of likely N-dealkylation sites (tertiary alicyclic amines) is 1. The van der Waals surface area contributed by atoms with E-state index in [1.807, 2.05) is 20.8 Å². The van der Waals surface area contributed by atoms with E-state index >= 15 is 0 Å². The molecule has 2 aliphatic rings. The number of Topliss-reactive ketones (excluding diaryl/α,β-unsaturated/α-hetero) is 1. The molecule has 3 rings (SSSR count). The number of esters is 1. The van der Waals surface area contributed by atoms with Crippen molar-refractivity contribution in [3.05, 3.63) is 29.3 Å². The monoisotopic (exact) mass is 389 g/mol. The van der Waals surface area contributed by atoms with Crippen LogP contribution in [0.4, 0.5) is 4.79 Å². The number of amides is 1. The second-order valence-corrected chi connectivity index (χ2v) is 8.68. The van der Waals surface area contributed by atoms with Gasteiger partial charge in [-0.3, -0.25) is 9.59 Å². The number of fused-ring (bicyclic) bond motifs is 1. The molecular weight excluding hydrogens is 362 g/mol. The summed E-state index contributed by atoms with van der Waals surface area (Å²) in [5.74, 6) is -0.280. The molecule has 2 heterocycles. The van der Waals surface area contributed by atoms with Crippen molar-refractivity contribution in [1.29, 1.82) is 0 Å². The highest BCUT2D eigenvalue weighted by molar-refractivity contribution is 6.03. The quantitative estimate of drug-likeness (QED) is 0.781. The van der Waals surface area contributed by atoms with Gasteiger partial charge in [0.2, 0.25) is 0 Å². The van der Waals surface area contributed by atoms with Gasteiger partial charge in [-0.15, -0.1) is 0 Å². The Hall–Kier alpha value is -2.57. The average molecular weight is 389 g/mol. The van der Waals surface area contributed by atoms with E-state index in [0.29, 0.717) is 42.8 Å². The van der Waals surface area contributed by atoms with E-state index in [1.54, 1.807) is 18.2 Å². The molecule has 1 amide bonds. The lowest BCUT2D eigenvalue weighted by atomic mass is 9.62. The van der Waals surface area contributed by atoms with Gasteiger partial charge in [-0.1, -0.05) is 26.8 Å². The summed E-state index contributed by atoms with van der Waals surface area (Å²) in [6.07, 6.45) is 0.0833. The van der Waals surface area contributed by atoms with Gasteiger partial charge in [0, 0.05) is 25.9 Å². The lowest BCUT2D eigenvalue weighted by Gasteiger charge is -2.52. The Morgan fingerprint density at radius 1 is 1.29 bits per heavy atom. The third-order valence-electron chi connectivity index (χ3n) is 5.73. The van der Waals surface area contributed by atoms with Gasteiger partial charge in [-0.05, 0) is 23.1 Å². The highest BCUT2D eigenvalue weighted by Gasteiger charge is 2.55. The van der Waals surface area contributed by atoms with E-state index in [2.05, 4.69) is 0 Å². The number of benzene rings is 1. The number of piperidine rings is 1. The molecule has 1 atom stereocenters. The van der Waals surface area contributed by atoms with Crippen molar-refractivity contribution in [3.8, 4) is 5.75 Å². The fourth-order valence-electron chi connectivity index (χ4n) is 4.53. The van der Waals surface area contributed by atoms with Crippen molar-refractivity contribution < 1.29 is 29.0 Å². The topological polar surface area (TPSA) is 93.1 Å².